The number of rotatable bonds is 5. The van der Waals surface area contributed by atoms with E-state index in [0.717, 1.165) is 25.3 Å². The van der Waals surface area contributed by atoms with Crippen LogP contribution in [-0.4, -0.2) is 26.2 Å². The molecule has 0 amide bonds. The smallest absolute Gasteiger partial charge is 0.119 e. The Morgan fingerprint density at radius 3 is 2.82 bits per heavy atom. The topological polar surface area (TPSA) is 24.5 Å². The number of methoxy groups -OCH3 is 1. The first-order chi connectivity index (χ1) is 10.7. The Hall–Kier alpha value is -1.65. The number of fused-ring (bicyclic) bond motifs is 1. The molecule has 2 aromatic carbocycles. The molecular formula is C18H22N2OS. The molecule has 0 saturated carbocycles. The predicted octanol–water partition coefficient (Wildman–Crippen LogP) is 3.55. The summed E-state index contributed by atoms with van der Waals surface area (Å²) in [5.41, 5.74) is 5.22. The average molecular weight is 314 g/mol. The summed E-state index contributed by atoms with van der Waals surface area (Å²) in [5.74, 6) is 0.896. The summed E-state index contributed by atoms with van der Waals surface area (Å²) in [6.45, 7) is 4.18. The van der Waals surface area contributed by atoms with Crippen molar-refractivity contribution in [3.8, 4) is 16.9 Å². The molecule has 1 unspecified atom stereocenters. The van der Waals surface area contributed by atoms with Gasteiger partial charge >= 0.3 is 0 Å². The maximum atomic E-state index is 5.32. The average Bonchev–Trinajstić information content (AvgIpc) is 2.98. The highest BCUT2D eigenvalue weighted by Crippen LogP contribution is 2.34. The highest BCUT2D eigenvalue weighted by molar-refractivity contribution is 7.78. The van der Waals surface area contributed by atoms with E-state index in [1.807, 2.05) is 12.1 Å². The Morgan fingerprint density at radius 1 is 1.23 bits per heavy atom. The van der Waals surface area contributed by atoms with Crippen molar-refractivity contribution in [3.63, 3.8) is 0 Å². The second-order valence-electron chi connectivity index (χ2n) is 5.73. The summed E-state index contributed by atoms with van der Waals surface area (Å²) in [5, 5.41) is 0. The van der Waals surface area contributed by atoms with E-state index in [0.29, 0.717) is 6.04 Å². The van der Waals surface area contributed by atoms with E-state index in [9.17, 15) is 0 Å². The molecule has 1 aliphatic heterocycles. The third kappa shape index (κ3) is 2.94. The Bertz CT molecular complexity index is 659. The monoisotopic (exact) mass is 314 g/mol. The number of thiol groups is 1. The first-order valence-electron chi connectivity index (χ1n) is 7.64. The molecule has 3 rings (SSSR count). The summed E-state index contributed by atoms with van der Waals surface area (Å²) in [7, 11) is 1.70. The third-order valence-corrected chi connectivity index (χ3v) is 4.52. The van der Waals surface area contributed by atoms with Crippen molar-refractivity contribution in [2.75, 3.05) is 25.1 Å². The molecule has 0 fully saturated rings. The molecule has 0 spiro atoms. The van der Waals surface area contributed by atoms with Gasteiger partial charge in [0.1, 0.15) is 5.75 Å². The minimum absolute atomic E-state index is 0.446. The van der Waals surface area contributed by atoms with E-state index < -0.39 is 0 Å². The van der Waals surface area contributed by atoms with Gasteiger partial charge in [0.05, 0.1) is 7.11 Å². The molecule has 0 aliphatic carbocycles. The van der Waals surface area contributed by atoms with Crippen LogP contribution in [0.2, 0.25) is 0 Å². The highest BCUT2D eigenvalue weighted by Gasteiger charge is 2.23. The van der Waals surface area contributed by atoms with Gasteiger partial charge in [0.15, 0.2) is 0 Å². The largest absolute Gasteiger partial charge is 0.497 e. The zero-order chi connectivity index (χ0) is 15.5. The van der Waals surface area contributed by atoms with Crippen molar-refractivity contribution in [1.29, 1.82) is 0 Å². The third-order valence-electron chi connectivity index (χ3n) is 4.33. The summed E-state index contributed by atoms with van der Waals surface area (Å²) in [4.78, 5) is 2.45. The van der Waals surface area contributed by atoms with Gasteiger partial charge in [0.25, 0.3) is 0 Å². The van der Waals surface area contributed by atoms with Crippen molar-refractivity contribution >= 4 is 18.5 Å². The molecule has 0 bridgehead atoms. The van der Waals surface area contributed by atoms with E-state index in [2.05, 4.69) is 59.7 Å². The molecule has 0 saturated heterocycles. The van der Waals surface area contributed by atoms with Gasteiger partial charge in [-0.15, -0.1) is 0 Å². The number of hydrogen-bond donors (Lipinski definition) is 2. The molecule has 22 heavy (non-hydrogen) atoms. The lowest BCUT2D eigenvalue weighted by atomic mass is 10.0. The normalized spacial score (nSPS) is 14.8. The first-order valence-corrected chi connectivity index (χ1v) is 8.08. The van der Waals surface area contributed by atoms with Gasteiger partial charge in [-0.25, -0.2) is 0 Å². The molecule has 116 valence electrons. The lowest BCUT2D eigenvalue weighted by Gasteiger charge is -2.27. The highest BCUT2D eigenvalue weighted by atomic mass is 32.1. The van der Waals surface area contributed by atoms with Gasteiger partial charge in [-0.3, -0.25) is 4.72 Å². The van der Waals surface area contributed by atoms with Crippen molar-refractivity contribution in [2.24, 2.45) is 0 Å². The molecule has 2 aromatic rings. The maximum absolute atomic E-state index is 5.32. The summed E-state index contributed by atoms with van der Waals surface area (Å²) in [6, 6.07) is 15.4. The molecule has 1 aliphatic rings. The van der Waals surface area contributed by atoms with Gasteiger partial charge in [-0.2, -0.15) is 0 Å². The van der Waals surface area contributed by atoms with Gasteiger partial charge in [0, 0.05) is 24.8 Å². The fraction of sp³-hybridized carbons (Fsp3) is 0.333. The van der Waals surface area contributed by atoms with Gasteiger partial charge in [-0.05, 0) is 54.3 Å². The number of anilines is 1. The fourth-order valence-corrected chi connectivity index (χ4v) is 3.37. The van der Waals surface area contributed by atoms with Gasteiger partial charge in [-0.1, -0.05) is 31.0 Å². The second-order valence-corrected chi connectivity index (χ2v) is 6.05. The van der Waals surface area contributed by atoms with Crippen LogP contribution in [0.3, 0.4) is 0 Å². The van der Waals surface area contributed by atoms with Crippen molar-refractivity contribution < 1.29 is 4.74 Å². The van der Waals surface area contributed by atoms with Crippen LogP contribution in [0.4, 0.5) is 5.69 Å². The van der Waals surface area contributed by atoms with Crippen LogP contribution in [0.1, 0.15) is 12.5 Å². The van der Waals surface area contributed by atoms with Gasteiger partial charge in [0.2, 0.25) is 0 Å². The molecule has 3 nitrogen and oxygen atoms in total. The predicted molar refractivity (Wildman–Crippen MR) is 95.9 cm³/mol. The molecule has 1 atom stereocenters. The molecular weight excluding hydrogens is 292 g/mol. The molecule has 4 heteroatoms. The van der Waals surface area contributed by atoms with E-state index in [-0.39, 0.29) is 0 Å². The minimum atomic E-state index is 0.446. The van der Waals surface area contributed by atoms with Crippen molar-refractivity contribution in [3.05, 3.63) is 48.0 Å². The number of hydrogen-bond acceptors (Lipinski definition) is 4. The van der Waals surface area contributed by atoms with Crippen molar-refractivity contribution in [2.45, 2.75) is 19.4 Å². The number of nitrogens with zero attached hydrogens (tertiary/aromatic N) is 1. The van der Waals surface area contributed by atoms with Crippen LogP contribution in [0, 0.1) is 0 Å². The zero-order valence-electron chi connectivity index (χ0n) is 13.0. The van der Waals surface area contributed by atoms with E-state index in [1.165, 1.54) is 22.4 Å². The molecule has 1 N–H and O–H groups in total. The van der Waals surface area contributed by atoms with Crippen LogP contribution in [0.5, 0.6) is 5.75 Å². The summed E-state index contributed by atoms with van der Waals surface area (Å²) < 4.78 is 8.29. The number of ether oxygens (including phenoxy) is 1. The van der Waals surface area contributed by atoms with Crippen LogP contribution in [-0.2, 0) is 6.42 Å². The SMILES string of the molecule is COc1cccc(-c2ccc3c(c2)CCN3C(C)CNS)c1. The Morgan fingerprint density at radius 2 is 2.05 bits per heavy atom. The van der Waals surface area contributed by atoms with Crippen LogP contribution in [0.15, 0.2) is 42.5 Å². The van der Waals surface area contributed by atoms with E-state index in [4.69, 9.17) is 4.74 Å². The Kier molecular flexibility index (Phi) is 4.60. The van der Waals surface area contributed by atoms with Crippen LogP contribution in [0.25, 0.3) is 11.1 Å². The lowest BCUT2D eigenvalue weighted by Crippen LogP contribution is -2.37. The number of benzene rings is 2. The fourth-order valence-electron chi connectivity index (χ4n) is 3.11. The van der Waals surface area contributed by atoms with Crippen LogP contribution >= 0.6 is 12.8 Å². The maximum Gasteiger partial charge on any atom is 0.119 e. The van der Waals surface area contributed by atoms with E-state index >= 15 is 0 Å². The molecule has 0 radical (unpaired) electrons. The van der Waals surface area contributed by atoms with Gasteiger partial charge < -0.3 is 9.64 Å². The van der Waals surface area contributed by atoms with Crippen molar-refractivity contribution in [1.82, 2.24) is 4.72 Å². The molecule has 0 aromatic heterocycles. The second kappa shape index (κ2) is 6.63. The Labute approximate surface area is 137 Å². The zero-order valence-corrected chi connectivity index (χ0v) is 13.9. The van der Waals surface area contributed by atoms with Crippen LogP contribution < -0.4 is 14.4 Å². The standard InChI is InChI=1S/C18H22N2OS/c1-13(12-19-22)20-9-8-16-10-15(6-7-18(16)20)14-4-3-5-17(11-14)21-2/h3-7,10-11,13,19,22H,8-9,12H2,1-2H3. The quantitative estimate of drug-likeness (QED) is 0.826. The molecule has 1 heterocycles. The Balaban J connectivity index is 1.89. The first kappa shape index (κ1) is 15.3. The summed E-state index contributed by atoms with van der Waals surface area (Å²) in [6.07, 6.45) is 1.10. The minimum Gasteiger partial charge on any atom is -0.497 e. The number of nitrogens with one attached hydrogen (secondary N) is 1. The lowest BCUT2D eigenvalue weighted by molar-refractivity contribution is 0.415. The van der Waals surface area contributed by atoms with E-state index in [1.54, 1.807) is 7.11 Å². The summed E-state index contributed by atoms with van der Waals surface area (Å²) >= 11 is 4.12.